The van der Waals surface area contributed by atoms with Gasteiger partial charge in [-0.3, -0.25) is 4.90 Å². The molecule has 2 fully saturated rings. The number of nitrogens with two attached hydrogens (primary N) is 1. The van der Waals surface area contributed by atoms with Gasteiger partial charge < -0.3 is 10.3 Å². The fourth-order valence-electron chi connectivity index (χ4n) is 3.41. The van der Waals surface area contributed by atoms with Gasteiger partial charge in [0, 0.05) is 36.3 Å². The minimum atomic E-state index is 0.610. The van der Waals surface area contributed by atoms with Crippen LogP contribution in [-0.4, -0.2) is 52.1 Å². The Kier molecular flexibility index (Phi) is 3.59. The first-order valence-electron chi connectivity index (χ1n) is 7.53. The van der Waals surface area contributed by atoms with Crippen LogP contribution in [-0.2, 0) is 0 Å². The topological polar surface area (TPSA) is 83.2 Å². The smallest absolute Gasteiger partial charge is 0.184 e. The molecule has 0 bridgehead atoms. The molecule has 2 saturated heterocycles. The molecule has 2 aliphatic heterocycles. The van der Waals surface area contributed by atoms with Crippen LogP contribution in [0.25, 0.3) is 11.2 Å². The molecule has 0 radical (unpaired) electrons. The van der Waals surface area contributed by atoms with Gasteiger partial charge in [-0.05, 0) is 41.4 Å². The summed E-state index contributed by atoms with van der Waals surface area (Å²) in [6.45, 7) is 4.22. The van der Waals surface area contributed by atoms with Crippen LogP contribution in [0.3, 0.4) is 0 Å². The lowest BCUT2D eigenvalue weighted by molar-refractivity contribution is 0.230. The maximum Gasteiger partial charge on any atom is 0.184 e. The summed E-state index contributed by atoms with van der Waals surface area (Å²) in [4.78, 5) is 18.5. The van der Waals surface area contributed by atoms with Crippen molar-refractivity contribution in [3.05, 3.63) is 16.7 Å². The molecule has 3 N–H and O–H groups in total. The van der Waals surface area contributed by atoms with Crippen LogP contribution in [0.15, 0.2) is 16.7 Å². The Morgan fingerprint density at radius 2 is 2.18 bits per heavy atom. The van der Waals surface area contributed by atoms with E-state index in [2.05, 4.69) is 41.1 Å². The highest BCUT2D eigenvalue weighted by molar-refractivity contribution is 9.10. The molecule has 0 spiro atoms. The van der Waals surface area contributed by atoms with Crippen LogP contribution in [0, 0.1) is 0 Å². The second kappa shape index (κ2) is 5.60. The lowest BCUT2D eigenvalue weighted by Crippen LogP contribution is -2.50. The van der Waals surface area contributed by atoms with Crippen LogP contribution in [0.1, 0.15) is 12.8 Å². The van der Waals surface area contributed by atoms with Gasteiger partial charge in [0.25, 0.3) is 0 Å². The molecule has 1 atom stereocenters. The van der Waals surface area contributed by atoms with Crippen molar-refractivity contribution in [3.63, 3.8) is 0 Å². The summed E-state index contributed by atoms with van der Waals surface area (Å²) in [6, 6.07) is 2.52. The van der Waals surface area contributed by atoms with E-state index >= 15 is 0 Å². The normalized spacial score (nSPS) is 22.1. The van der Waals surface area contributed by atoms with Crippen LogP contribution in [0.4, 0.5) is 11.6 Å². The molecule has 2 aliphatic rings. The van der Waals surface area contributed by atoms with Gasteiger partial charge >= 0.3 is 0 Å². The summed E-state index contributed by atoms with van der Waals surface area (Å²) in [7, 11) is 0. The average Bonchev–Trinajstić information content (AvgIpc) is 3.01. The SMILES string of the molecule is NNc1nc2cc(Br)cnc2nc1N1CCN2CCCC2C1. The van der Waals surface area contributed by atoms with Gasteiger partial charge in [0.1, 0.15) is 5.52 Å². The minimum absolute atomic E-state index is 0.610. The number of nitrogens with zero attached hydrogens (tertiary/aromatic N) is 5. The number of aromatic nitrogens is 3. The van der Waals surface area contributed by atoms with E-state index in [1.807, 2.05) is 6.07 Å². The number of halogens is 1. The first-order valence-corrected chi connectivity index (χ1v) is 8.33. The zero-order chi connectivity index (χ0) is 15.1. The molecule has 1 unspecified atom stereocenters. The molecule has 2 aromatic rings. The second-order valence-electron chi connectivity index (χ2n) is 5.81. The van der Waals surface area contributed by atoms with Crippen LogP contribution in [0.5, 0.6) is 0 Å². The van der Waals surface area contributed by atoms with Gasteiger partial charge in [0.05, 0.1) is 0 Å². The number of hydrogen-bond acceptors (Lipinski definition) is 7. The zero-order valence-corrected chi connectivity index (χ0v) is 13.8. The molecule has 8 heteroatoms. The van der Waals surface area contributed by atoms with Crippen LogP contribution < -0.4 is 16.2 Å². The molecular weight excluding hydrogens is 346 g/mol. The monoisotopic (exact) mass is 363 g/mol. The molecule has 22 heavy (non-hydrogen) atoms. The van der Waals surface area contributed by atoms with Gasteiger partial charge in [-0.1, -0.05) is 0 Å². The Morgan fingerprint density at radius 1 is 1.27 bits per heavy atom. The molecule has 7 nitrogen and oxygen atoms in total. The van der Waals surface area contributed by atoms with Crippen molar-refractivity contribution in [1.82, 2.24) is 19.9 Å². The number of anilines is 2. The third-order valence-corrected chi connectivity index (χ3v) is 4.93. The molecule has 4 heterocycles. The van der Waals surface area contributed by atoms with Crippen molar-refractivity contribution in [3.8, 4) is 0 Å². The van der Waals surface area contributed by atoms with Crippen molar-refractivity contribution >= 4 is 38.7 Å². The van der Waals surface area contributed by atoms with E-state index in [0.717, 1.165) is 35.4 Å². The fourth-order valence-corrected chi connectivity index (χ4v) is 3.73. The highest BCUT2D eigenvalue weighted by Crippen LogP contribution is 2.29. The fraction of sp³-hybridized carbons (Fsp3) is 0.500. The van der Waals surface area contributed by atoms with E-state index in [4.69, 9.17) is 10.8 Å². The summed E-state index contributed by atoms with van der Waals surface area (Å²) >= 11 is 3.41. The third-order valence-electron chi connectivity index (χ3n) is 4.49. The first kappa shape index (κ1) is 14.1. The van der Waals surface area contributed by atoms with Gasteiger partial charge in [-0.2, -0.15) is 0 Å². The van der Waals surface area contributed by atoms with E-state index in [0.29, 0.717) is 17.5 Å². The van der Waals surface area contributed by atoms with Crippen molar-refractivity contribution < 1.29 is 0 Å². The van der Waals surface area contributed by atoms with Gasteiger partial charge in [-0.25, -0.2) is 20.8 Å². The number of nitrogen functional groups attached to an aromatic ring is 1. The summed E-state index contributed by atoms with van der Waals surface area (Å²) < 4.78 is 0.879. The lowest BCUT2D eigenvalue weighted by Gasteiger charge is -2.38. The molecule has 0 amide bonds. The predicted octanol–water partition coefficient (Wildman–Crippen LogP) is 1.36. The molecule has 2 aromatic heterocycles. The Hall–Kier alpha value is -1.51. The third kappa shape index (κ3) is 2.41. The Balaban J connectivity index is 1.72. The standard InChI is InChI=1S/C14H18BrN7/c15-9-6-11-12(17-7-9)19-14(13(18-11)20-16)22-5-4-21-3-1-2-10(21)8-22/h6-7,10H,1-5,8,16H2,(H,18,20). The second-order valence-corrected chi connectivity index (χ2v) is 6.73. The summed E-state index contributed by atoms with van der Waals surface area (Å²) in [5.41, 5.74) is 4.06. The average molecular weight is 364 g/mol. The van der Waals surface area contributed by atoms with Gasteiger partial charge in [0.15, 0.2) is 17.3 Å². The lowest BCUT2D eigenvalue weighted by atomic mass is 10.1. The van der Waals surface area contributed by atoms with Crippen molar-refractivity contribution in [2.45, 2.75) is 18.9 Å². The van der Waals surface area contributed by atoms with Gasteiger partial charge in [0.2, 0.25) is 0 Å². The van der Waals surface area contributed by atoms with E-state index < -0.39 is 0 Å². The maximum absolute atomic E-state index is 5.67. The molecule has 0 aliphatic carbocycles. The van der Waals surface area contributed by atoms with Crippen LogP contribution in [0.2, 0.25) is 0 Å². The minimum Gasteiger partial charge on any atom is -0.351 e. The van der Waals surface area contributed by atoms with E-state index in [9.17, 15) is 0 Å². The Bertz CT molecular complexity index is 707. The number of hydrazine groups is 1. The quantitative estimate of drug-likeness (QED) is 0.615. The molecule has 116 valence electrons. The largest absolute Gasteiger partial charge is 0.351 e. The number of fused-ring (bicyclic) bond motifs is 2. The molecular formula is C14H18BrN7. The van der Waals surface area contributed by atoms with Crippen LogP contribution >= 0.6 is 15.9 Å². The zero-order valence-electron chi connectivity index (χ0n) is 12.2. The summed E-state index contributed by atoms with van der Waals surface area (Å²) in [5, 5.41) is 0. The van der Waals surface area contributed by atoms with Crippen molar-refractivity contribution in [2.75, 3.05) is 36.5 Å². The summed E-state index contributed by atoms with van der Waals surface area (Å²) in [5.74, 6) is 7.08. The Labute approximate surface area is 137 Å². The number of nitrogens with one attached hydrogen (secondary N) is 1. The van der Waals surface area contributed by atoms with Crippen molar-refractivity contribution in [1.29, 1.82) is 0 Å². The number of rotatable bonds is 2. The first-order chi connectivity index (χ1) is 10.7. The highest BCUT2D eigenvalue weighted by atomic mass is 79.9. The van der Waals surface area contributed by atoms with E-state index in [-0.39, 0.29) is 0 Å². The van der Waals surface area contributed by atoms with Crippen molar-refractivity contribution in [2.24, 2.45) is 5.84 Å². The Morgan fingerprint density at radius 3 is 3.05 bits per heavy atom. The summed E-state index contributed by atoms with van der Waals surface area (Å²) in [6.07, 6.45) is 4.29. The number of piperazine rings is 1. The van der Waals surface area contributed by atoms with E-state index in [1.54, 1.807) is 6.20 Å². The maximum atomic E-state index is 5.67. The highest BCUT2D eigenvalue weighted by Gasteiger charge is 2.32. The molecule has 0 aromatic carbocycles. The molecule has 0 saturated carbocycles. The predicted molar refractivity (Wildman–Crippen MR) is 89.7 cm³/mol. The molecule has 4 rings (SSSR count). The van der Waals surface area contributed by atoms with Gasteiger partial charge in [-0.15, -0.1) is 0 Å². The van der Waals surface area contributed by atoms with E-state index in [1.165, 1.54) is 19.4 Å². The number of hydrogen-bond donors (Lipinski definition) is 2. The number of pyridine rings is 1.